The van der Waals surface area contributed by atoms with Crippen molar-refractivity contribution in [2.24, 2.45) is 0 Å². The number of nitrogens with one attached hydrogen (secondary N) is 1. The molecule has 1 heterocycles. The van der Waals surface area contributed by atoms with E-state index in [-0.39, 0.29) is 5.91 Å². The lowest BCUT2D eigenvalue weighted by atomic mass is 10.2. The van der Waals surface area contributed by atoms with Gasteiger partial charge < -0.3 is 14.8 Å². The van der Waals surface area contributed by atoms with Crippen LogP contribution in [-0.4, -0.2) is 68.0 Å². The molecular weight excluding hydrogens is 284 g/mol. The first kappa shape index (κ1) is 14.5. The molecule has 0 aromatic rings. The molecule has 0 spiro atoms. The molecular formula is C11H21BrN4O. The molecule has 0 aliphatic carbocycles. The molecule has 17 heavy (non-hydrogen) atoms. The fraction of sp³-hybridized carbons (Fsp3) is 0.727. The zero-order chi connectivity index (χ0) is 12.8. The minimum atomic E-state index is 0.223. The molecule has 0 aromatic heterocycles. The Morgan fingerprint density at radius 2 is 2.24 bits per heavy atom. The van der Waals surface area contributed by atoms with Gasteiger partial charge in [-0.3, -0.25) is 4.79 Å². The van der Waals surface area contributed by atoms with E-state index in [9.17, 15) is 4.79 Å². The van der Waals surface area contributed by atoms with E-state index in [4.69, 9.17) is 0 Å². The van der Waals surface area contributed by atoms with Crippen LogP contribution < -0.4 is 5.43 Å². The number of hydrogen-bond acceptors (Lipinski definition) is 4. The van der Waals surface area contributed by atoms with Crippen LogP contribution in [0.5, 0.6) is 0 Å². The van der Waals surface area contributed by atoms with Crippen molar-refractivity contribution in [3.8, 4) is 0 Å². The summed E-state index contributed by atoms with van der Waals surface area (Å²) < 4.78 is 0. The van der Waals surface area contributed by atoms with Gasteiger partial charge in [0.2, 0.25) is 5.91 Å². The second kappa shape index (κ2) is 6.98. The predicted molar refractivity (Wildman–Crippen MR) is 72.5 cm³/mol. The van der Waals surface area contributed by atoms with Crippen LogP contribution in [0.1, 0.15) is 6.42 Å². The standard InChI is InChI=1S/C11H21BrN4O/c1-13-16-7-6-15(9-10(16)8-12)11(17)4-5-14(2)3/h8,13H,4-7,9H2,1-3H3/b10-8+. The highest BCUT2D eigenvalue weighted by atomic mass is 79.9. The Morgan fingerprint density at radius 1 is 1.53 bits per heavy atom. The lowest BCUT2D eigenvalue weighted by molar-refractivity contribution is -0.132. The van der Waals surface area contributed by atoms with Gasteiger partial charge in [0.05, 0.1) is 18.8 Å². The Bertz CT molecular complexity index is 293. The molecule has 1 amide bonds. The third-order valence-electron chi connectivity index (χ3n) is 2.81. The van der Waals surface area contributed by atoms with Crippen molar-refractivity contribution in [2.45, 2.75) is 6.42 Å². The van der Waals surface area contributed by atoms with Gasteiger partial charge in [-0.1, -0.05) is 15.9 Å². The number of hydrazine groups is 1. The summed E-state index contributed by atoms with van der Waals surface area (Å²) in [6, 6.07) is 0. The Hall–Kier alpha value is -0.590. The first-order valence-electron chi connectivity index (χ1n) is 5.75. The van der Waals surface area contributed by atoms with E-state index in [1.165, 1.54) is 0 Å². The van der Waals surface area contributed by atoms with Crippen molar-refractivity contribution in [3.63, 3.8) is 0 Å². The molecule has 5 nitrogen and oxygen atoms in total. The van der Waals surface area contributed by atoms with Crippen LogP contribution in [0.4, 0.5) is 0 Å². The summed E-state index contributed by atoms with van der Waals surface area (Å²) in [6.07, 6.45) is 0.585. The smallest absolute Gasteiger partial charge is 0.224 e. The summed E-state index contributed by atoms with van der Waals surface area (Å²) in [5.74, 6) is 0.223. The molecule has 0 radical (unpaired) electrons. The lowest BCUT2D eigenvalue weighted by Crippen LogP contribution is -2.51. The average Bonchev–Trinajstić information content (AvgIpc) is 2.34. The molecule has 1 N–H and O–H groups in total. The van der Waals surface area contributed by atoms with Gasteiger partial charge in [-0.25, -0.2) is 5.43 Å². The van der Waals surface area contributed by atoms with E-state index in [1.54, 1.807) is 0 Å². The van der Waals surface area contributed by atoms with Crippen LogP contribution in [0.3, 0.4) is 0 Å². The van der Waals surface area contributed by atoms with E-state index in [1.807, 2.05) is 40.9 Å². The number of carbonyl (C=O) groups is 1. The van der Waals surface area contributed by atoms with Crippen LogP contribution in [0.2, 0.25) is 0 Å². The fourth-order valence-corrected chi connectivity index (χ4v) is 2.16. The van der Waals surface area contributed by atoms with Crippen molar-refractivity contribution in [1.82, 2.24) is 20.2 Å². The molecule has 98 valence electrons. The second-order valence-corrected chi connectivity index (χ2v) is 4.80. The topological polar surface area (TPSA) is 38.8 Å². The van der Waals surface area contributed by atoms with Crippen LogP contribution in [0, 0.1) is 0 Å². The lowest BCUT2D eigenvalue weighted by Gasteiger charge is -2.37. The molecule has 1 fully saturated rings. The molecule has 0 unspecified atom stereocenters. The second-order valence-electron chi connectivity index (χ2n) is 4.34. The number of carbonyl (C=O) groups excluding carboxylic acids is 1. The molecule has 6 heteroatoms. The zero-order valence-corrected chi connectivity index (χ0v) is 12.3. The highest BCUT2D eigenvalue weighted by Gasteiger charge is 2.23. The van der Waals surface area contributed by atoms with Gasteiger partial charge in [0, 0.05) is 31.5 Å². The summed E-state index contributed by atoms with van der Waals surface area (Å²) in [4.78, 5) is 17.8. The Balaban J connectivity index is 2.49. The monoisotopic (exact) mass is 304 g/mol. The van der Waals surface area contributed by atoms with Crippen molar-refractivity contribution >= 4 is 21.8 Å². The van der Waals surface area contributed by atoms with Gasteiger partial charge in [0.25, 0.3) is 0 Å². The summed E-state index contributed by atoms with van der Waals surface area (Å²) in [5, 5.41) is 2.05. The number of piperazine rings is 1. The van der Waals surface area contributed by atoms with Crippen LogP contribution in [0.25, 0.3) is 0 Å². The SMILES string of the molecule is CNN1CCN(C(=O)CCN(C)C)C/C1=C\Br. The fourth-order valence-electron chi connectivity index (χ4n) is 1.76. The molecule has 1 aliphatic rings. The first-order valence-corrected chi connectivity index (χ1v) is 6.66. The number of amides is 1. The summed E-state index contributed by atoms with van der Waals surface area (Å²) in [6.45, 7) is 3.07. The van der Waals surface area contributed by atoms with Gasteiger partial charge in [-0.2, -0.15) is 0 Å². The first-order chi connectivity index (χ1) is 8.08. The number of nitrogens with zero attached hydrogens (tertiary/aromatic N) is 3. The van der Waals surface area contributed by atoms with Crippen LogP contribution in [0.15, 0.2) is 10.7 Å². The predicted octanol–water partition coefficient (Wildman–Crippen LogP) is 0.453. The van der Waals surface area contributed by atoms with Gasteiger partial charge in [0.1, 0.15) is 0 Å². The molecule has 0 aromatic carbocycles. The Morgan fingerprint density at radius 3 is 2.76 bits per heavy atom. The molecule has 1 aliphatic heterocycles. The molecule has 0 saturated carbocycles. The van der Waals surface area contributed by atoms with E-state index in [0.29, 0.717) is 13.0 Å². The van der Waals surface area contributed by atoms with E-state index in [2.05, 4.69) is 21.4 Å². The van der Waals surface area contributed by atoms with Crippen molar-refractivity contribution in [3.05, 3.63) is 10.7 Å². The van der Waals surface area contributed by atoms with Crippen LogP contribution in [-0.2, 0) is 4.79 Å². The summed E-state index contributed by atoms with van der Waals surface area (Å²) >= 11 is 3.34. The third-order valence-corrected chi connectivity index (χ3v) is 3.34. The number of hydrogen-bond donors (Lipinski definition) is 1. The van der Waals surface area contributed by atoms with Gasteiger partial charge in [-0.15, -0.1) is 0 Å². The maximum atomic E-state index is 12.0. The van der Waals surface area contributed by atoms with Crippen molar-refractivity contribution in [2.75, 3.05) is 47.3 Å². The van der Waals surface area contributed by atoms with E-state index in [0.717, 1.165) is 25.3 Å². The Kier molecular flexibility index (Phi) is 5.94. The average molecular weight is 305 g/mol. The summed E-state index contributed by atoms with van der Waals surface area (Å²) in [5.41, 5.74) is 4.18. The quantitative estimate of drug-likeness (QED) is 0.819. The molecule has 1 rings (SSSR count). The van der Waals surface area contributed by atoms with Crippen molar-refractivity contribution in [1.29, 1.82) is 0 Å². The summed E-state index contributed by atoms with van der Waals surface area (Å²) in [7, 11) is 5.85. The highest BCUT2D eigenvalue weighted by Crippen LogP contribution is 2.13. The minimum absolute atomic E-state index is 0.223. The maximum absolute atomic E-state index is 12.0. The third kappa shape index (κ3) is 4.29. The molecule has 1 saturated heterocycles. The number of rotatable bonds is 4. The Labute approximate surface area is 112 Å². The highest BCUT2D eigenvalue weighted by molar-refractivity contribution is 9.11. The van der Waals surface area contributed by atoms with E-state index < -0.39 is 0 Å². The maximum Gasteiger partial charge on any atom is 0.224 e. The molecule has 0 bridgehead atoms. The van der Waals surface area contributed by atoms with Gasteiger partial charge >= 0.3 is 0 Å². The van der Waals surface area contributed by atoms with Crippen LogP contribution >= 0.6 is 15.9 Å². The van der Waals surface area contributed by atoms with Crippen molar-refractivity contribution < 1.29 is 4.79 Å². The largest absolute Gasteiger partial charge is 0.335 e. The zero-order valence-electron chi connectivity index (χ0n) is 10.7. The van der Waals surface area contributed by atoms with Gasteiger partial charge in [-0.05, 0) is 14.1 Å². The van der Waals surface area contributed by atoms with E-state index >= 15 is 0 Å². The molecule has 0 atom stereocenters. The van der Waals surface area contributed by atoms with Gasteiger partial charge in [0.15, 0.2) is 0 Å². The minimum Gasteiger partial charge on any atom is -0.335 e. The normalized spacial score (nSPS) is 19.2. The number of halogens is 1.